The van der Waals surface area contributed by atoms with Gasteiger partial charge >= 0.3 is 0 Å². The minimum Gasteiger partial charge on any atom is -0.377 e. The third-order valence-electron chi connectivity index (χ3n) is 4.95. The highest BCUT2D eigenvalue weighted by Gasteiger charge is 2.27. The molecule has 164 valence electrons. The fraction of sp³-hybridized carbons (Fsp3) is 0.227. The van der Waals surface area contributed by atoms with Crippen molar-refractivity contribution in [3.63, 3.8) is 0 Å². The average Bonchev–Trinajstić information content (AvgIpc) is 3.21. The number of hydrogen-bond donors (Lipinski definition) is 4. The Bertz CT molecular complexity index is 1140. The molecule has 10 nitrogen and oxygen atoms in total. The van der Waals surface area contributed by atoms with Crippen LogP contribution in [-0.4, -0.2) is 46.1 Å². The summed E-state index contributed by atoms with van der Waals surface area (Å²) in [6.45, 7) is 0.340. The Morgan fingerprint density at radius 1 is 1.12 bits per heavy atom. The first-order chi connectivity index (χ1) is 15.5. The molecule has 10 heteroatoms. The lowest BCUT2D eigenvalue weighted by Crippen LogP contribution is -2.41. The third-order valence-corrected chi connectivity index (χ3v) is 4.95. The van der Waals surface area contributed by atoms with Crippen molar-refractivity contribution in [1.29, 1.82) is 0 Å². The highest BCUT2D eigenvalue weighted by Crippen LogP contribution is 2.20. The van der Waals surface area contributed by atoms with E-state index in [0.29, 0.717) is 35.2 Å². The van der Waals surface area contributed by atoms with Gasteiger partial charge in [-0.05, 0) is 42.8 Å². The van der Waals surface area contributed by atoms with Crippen LogP contribution in [0.3, 0.4) is 0 Å². The molecular weight excluding hydrogens is 412 g/mol. The van der Waals surface area contributed by atoms with Gasteiger partial charge in [-0.1, -0.05) is 12.1 Å². The van der Waals surface area contributed by atoms with Gasteiger partial charge in [0.1, 0.15) is 12.6 Å². The normalized spacial score (nSPS) is 15.3. The van der Waals surface area contributed by atoms with E-state index in [4.69, 9.17) is 4.74 Å². The molecule has 0 saturated heterocycles. The molecule has 0 radical (unpaired) electrons. The minimum absolute atomic E-state index is 0.0672. The van der Waals surface area contributed by atoms with Crippen LogP contribution in [-0.2, 0) is 20.9 Å². The summed E-state index contributed by atoms with van der Waals surface area (Å²) < 4.78 is 5.01. The topological polar surface area (TPSA) is 138 Å². The summed E-state index contributed by atoms with van der Waals surface area (Å²) in [4.78, 5) is 41.5. The molecule has 0 bridgehead atoms. The number of carbonyl (C=O) groups excluding carboxylic acids is 3. The van der Waals surface area contributed by atoms with Gasteiger partial charge in [0.05, 0.1) is 11.3 Å². The van der Waals surface area contributed by atoms with E-state index in [2.05, 4.69) is 31.1 Å². The zero-order chi connectivity index (χ0) is 22.5. The molecule has 0 fully saturated rings. The molecule has 0 aliphatic carbocycles. The number of anilines is 2. The van der Waals surface area contributed by atoms with E-state index in [1.165, 1.54) is 0 Å². The SMILES string of the molecule is COCc1nc(-c2ccc(NC(=O)CCC3NC(=O)c4ccccc4NC3=O)cc2)n[nH]1. The van der Waals surface area contributed by atoms with Crippen molar-refractivity contribution < 1.29 is 19.1 Å². The first-order valence-electron chi connectivity index (χ1n) is 10.0. The standard InChI is InChI=1S/C22H22N6O4/c1-32-12-18-26-20(28-27-18)13-6-8-14(9-7-13)23-19(29)11-10-17-22(31)24-16-5-3-2-4-15(16)21(30)25-17/h2-9,17H,10-12H2,1H3,(H,23,29)(H,24,31)(H,25,30)(H,26,27,28). The summed E-state index contributed by atoms with van der Waals surface area (Å²) in [7, 11) is 1.58. The lowest BCUT2D eigenvalue weighted by atomic mass is 10.1. The van der Waals surface area contributed by atoms with Gasteiger partial charge in [-0.3, -0.25) is 19.5 Å². The third kappa shape index (κ3) is 4.81. The molecule has 4 rings (SSSR count). The Morgan fingerprint density at radius 2 is 1.91 bits per heavy atom. The Morgan fingerprint density at radius 3 is 2.69 bits per heavy atom. The highest BCUT2D eigenvalue weighted by atomic mass is 16.5. The number of methoxy groups -OCH3 is 1. The first kappa shape index (κ1) is 21.2. The van der Waals surface area contributed by atoms with Gasteiger partial charge in [0.2, 0.25) is 11.8 Å². The number of aromatic amines is 1. The van der Waals surface area contributed by atoms with E-state index in [1.807, 2.05) is 0 Å². The molecule has 1 aliphatic rings. The fourth-order valence-corrected chi connectivity index (χ4v) is 3.34. The van der Waals surface area contributed by atoms with Crippen LogP contribution in [0.2, 0.25) is 0 Å². The van der Waals surface area contributed by atoms with Crippen molar-refractivity contribution in [2.75, 3.05) is 17.7 Å². The van der Waals surface area contributed by atoms with Crippen LogP contribution in [0.1, 0.15) is 29.0 Å². The van der Waals surface area contributed by atoms with Gasteiger partial charge in [-0.25, -0.2) is 4.98 Å². The summed E-state index contributed by atoms with van der Waals surface area (Å²) in [6, 6.07) is 13.1. The molecule has 2 heterocycles. The van der Waals surface area contributed by atoms with Crippen molar-refractivity contribution in [2.45, 2.75) is 25.5 Å². The van der Waals surface area contributed by atoms with Gasteiger partial charge in [0.15, 0.2) is 11.6 Å². The number of benzene rings is 2. The molecule has 1 aromatic heterocycles. The van der Waals surface area contributed by atoms with Crippen molar-refractivity contribution in [3.05, 3.63) is 59.9 Å². The maximum absolute atomic E-state index is 12.4. The van der Waals surface area contributed by atoms with Crippen molar-refractivity contribution in [2.24, 2.45) is 0 Å². The Hall–Kier alpha value is -4.05. The number of aromatic nitrogens is 3. The number of carbonyl (C=O) groups is 3. The summed E-state index contributed by atoms with van der Waals surface area (Å²) in [5.41, 5.74) is 2.25. The number of hydrogen-bond acceptors (Lipinski definition) is 6. The van der Waals surface area contributed by atoms with Crippen LogP contribution in [0, 0.1) is 0 Å². The number of ether oxygens (including phenoxy) is 1. The second-order valence-corrected chi connectivity index (χ2v) is 7.26. The number of nitrogens with one attached hydrogen (secondary N) is 4. The molecule has 3 amide bonds. The Labute approximate surface area is 183 Å². The van der Waals surface area contributed by atoms with Crippen molar-refractivity contribution in [3.8, 4) is 11.4 Å². The average molecular weight is 434 g/mol. The number of para-hydroxylation sites is 1. The summed E-state index contributed by atoms with van der Waals surface area (Å²) in [5, 5.41) is 15.1. The molecule has 4 N–H and O–H groups in total. The number of fused-ring (bicyclic) bond motifs is 1. The zero-order valence-electron chi connectivity index (χ0n) is 17.3. The summed E-state index contributed by atoms with van der Waals surface area (Å²) in [5.74, 6) is 0.200. The van der Waals surface area contributed by atoms with Crippen molar-refractivity contribution in [1.82, 2.24) is 20.5 Å². The number of nitrogens with zero attached hydrogens (tertiary/aromatic N) is 2. The molecule has 1 aliphatic heterocycles. The quantitative estimate of drug-likeness (QED) is 0.449. The predicted molar refractivity (Wildman–Crippen MR) is 117 cm³/mol. The highest BCUT2D eigenvalue weighted by molar-refractivity contribution is 6.10. The van der Waals surface area contributed by atoms with E-state index in [1.54, 1.807) is 55.6 Å². The number of amides is 3. The summed E-state index contributed by atoms with van der Waals surface area (Å²) >= 11 is 0. The maximum atomic E-state index is 12.4. The lowest BCUT2D eigenvalue weighted by molar-refractivity contribution is -0.118. The number of rotatable bonds is 7. The molecule has 1 atom stereocenters. The van der Waals surface area contributed by atoms with Crippen LogP contribution in [0.25, 0.3) is 11.4 Å². The smallest absolute Gasteiger partial charge is 0.254 e. The minimum atomic E-state index is -0.796. The molecule has 3 aromatic rings. The molecule has 32 heavy (non-hydrogen) atoms. The largest absolute Gasteiger partial charge is 0.377 e. The van der Waals surface area contributed by atoms with Gasteiger partial charge in [0.25, 0.3) is 5.91 Å². The molecule has 1 unspecified atom stereocenters. The van der Waals surface area contributed by atoms with E-state index in [-0.39, 0.29) is 30.6 Å². The monoisotopic (exact) mass is 434 g/mol. The van der Waals surface area contributed by atoms with Gasteiger partial charge in [0, 0.05) is 24.8 Å². The van der Waals surface area contributed by atoms with Crippen LogP contribution >= 0.6 is 0 Å². The maximum Gasteiger partial charge on any atom is 0.254 e. The van der Waals surface area contributed by atoms with E-state index >= 15 is 0 Å². The Kier molecular flexibility index (Phi) is 6.22. The second-order valence-electron chi connectivity index (χ2n) is 7.26. The second kappa shape index (κ2) is 9.40. The predicted octanol–water partition coefficient (Wildman–Crippen LogP) is 2.09. The molecule has 2 aromatic carbocycles. The van der Waals surface area contributed by atoms with Gasteiger partial charge in [-0.15, -0.1) is 0 Å². The van der Waals surface area contributed by atoms with E-state index < -0.39 is 6.04 Å². The van der Waals surface area contributed by atoms with Crippen molar-refractivity contribution >= 4 is 29.1 Å². The van der Waals surface area contributed by atoms with Crippen LogP contribution < -0.4 is 16.0 Å². The van der Waals surface area contributed by atoms with E-state index in [0.717, 1.165) is 5.56 Å². The molecule has 0 saturated carbocycles. The van der Waals surface area contributed by atoms with E-state index in [9.17, 15) is 14.4 Å². The fourth-order valence-electron chi connectivity index (χ4n) is 3.34. The van der Waals surface area contributed by atoms with Crippen LogP contribution in [0.5, 0.6) is 0 Å². The van der Waals surface area contributed by atoms with Gasteiger partial charge in [-0.2, -0.15) is 5.10 Å². The summed E-state index contributed by atoms with van der Waals surface area (Å²) in [6.07, 6.45) is 0.243. The van der Waals surface area contributed by atoms with Gasteiger partial charge < -0.3 is 20.7 Å². The zero-order valence-corrected chi connectivity index (χ0v) is 17.3. The van der Waals surface area contributed by atoms with Crippen LogP contribution in [0.4, 0.5) is 11.4 Å². The number of H-pyrrole nitrogens is 1. The van der Waals surface area contributed by atoms with Crippen LogP contribution in [0.15, 0.2) is 48.5 Å². The molecular formula is C22H22N6O4. The Balaban J connectivity index is 1.32. The first-order valence-corrected chi connectivity index (χ1v) is 10.0. The lowest BCUT2D eigenvalue weighted by Gasteiger charge is -2.14. The molecule has 0 spiro atoms.